The second-order valence-corrected chi connectivity index (χ2v) is 3.93. The Kier molecular flexibility index (Phi) is 3.94. The Morgan fingerprint density at radius 1 is 1.33 bits per heavy atom. The summed E-state index contributed by atoms with van der Waals surface area (Å²) in [5.41, 5.74) is 4.63. The maximum absolute atomic E-state index is 12.6. The van der Waals surface area contributed by atoms with E-state index in [1.54, 1.807) is 0 Å². The second-order valence-electron chi connectivity index (χ2n) is 3.93. The molecule has 0 unspecified atom stereocenters. The molecule has 1 aliphatic carbocycles. The summed E-state index contributed by atoms with van der Waals surface area (Å²) in [6.07, 6.45) is -1.09. The molecule has 2 N–H and O–H groups in total. The summed E-state index contributed by atoms with van der Waals surface area (Å²) >= 11 is 0. The third kappa shape index (κ3) is 3.04. The first-order valence-corrected chi connectivity index (χ1v) is 4.92. The molecule has 0 aromatic heterocycles. The van der Waals surface area contributed by atoms with Crippen molar-refractivity contribution >= 4 is 0 Å². The Morgan fingerprint density at radius 3 is 2.27 bits per heavy atom. The maximum atomic E-state index is 12.6. The summed E-state index contributed by atoms with van der Waals surface area (Å²) in [5, 5.41) is 0. The lowest BCUT2D eigenvalue weighted by Gasteiger charge is -2.42. The highest BCUT2D eigenvalue weighted by molar-refractivity contribution is 4.90. The molecule has 2 nitrogen and oxygen atoms in total. The fraction of sp³-hybridized carbons (Fsp3) is 1.00. The SMILES string of the molecule is NCCC1(OCC(F)(F)C(F)F)CCC1. The number of ether oxygens (including phenoxy) is 1. The van der Waals surface area contributed by atoms with Crippen molar-refractivity contribution in [2.24, 2.45) is 5.73 Å². The van der Waals surface area contributed by atoms with Crippen LogP contribution in [0, 0.1) is 0 Å². The summed E-state index contributed by atoms with van der Waals surface area (Å²) < 4.78 is 53.7. The number of hydrogen-bond acceptors (Lipinski definition) is 2. The average Bonchev–Trinajstić information content (AvgIpc) is 2.09. The van der Waals surface area contributed by atoms with Gasteiger partial charge in [-0.25, -0.2) is 8.78 Å². The van der Waals surface area contributed by atoms with E-state index in [9.17, 15) is 17.6 Å². The topological polar surface area (TPSA) is 35.2 Å². The standard InChI is InChI=1S/C9H15F4NO/c10-7(11)9(12,13)6-15-8(4-5-14)2-1-3-8/h7H,1-6,14H2. The predicted octanol–water partition coefficient (Wildman–Crippen LogP) is 2.17. The highest BCUT2D eigenvalue weighted by atomic mass is 19.3. The molecule has 0 amide bonds. The van der Waals surface area contributed by atoms with Gasteiger partial charge in [0.1, 0.15) is 6.61 Å². The van der Waals surface area contributed by atoms with Crippen molar-refractivity contribution in [3.8, 4) is 0 Å². The highest BCUT2D eigenvalue weighted by Crippen LogP contribution is 2.39. The molecule has 1 aliphatic rings. The fourth-order valence-electron chi connectivity index (χ4n) is 1.61. The molecular formula is C9H15F4NO. The first-order chi connectivity index (χ1) is 6.92. The lowest BCUT2D eigenvalue weighted by Crippen LogP contribution is -2.46. The molecule has 0 aromatic carbocycles. The van der Waals surface area contributed by atoms with E-state index in [1.807, 2.05) is 0 Å². The van der Waals surface area contributed by atoms with Crippen molar-refractivity contribution in [3.63, 3.8) is 0 Å². The number of rotatable bonds is 6. The van der Waals surface area contributed by atoms with E-state index < -0.39 is 24.6 Å². The summed E-state index contributed by atoms with van der Waals surface area (Å²) in [6.45, 7) is -0.898. The molecule has 6 heteroatoms. The van der Waals surface area contributed by atoms with Crippen LogP contribution in [0.4, 0.5) is 17.6 Å². The number of alkyl halides is 4. The van der Waals surface area contributed by atoms with Gasteiger partial charge in [-0.1, -0.05) is 0 Å². The molecule has 1 rings (SSSR count). The van der Waals surface area contributed by atoms with Crippen LogP contribution in [0.2, 0.25) is 0 Å². The largest absolute Gasteiger partial charge is 0.368 e. The van der Waals surface area contributed by atoms with Gasteiger partial charge in [-0.05, 0) is 32.2 Å². The number of halogens is 4. The van der Waals surface area contributed by atoms with Crippen molar-refractivity contribution in [1.29, 1.82) is 0 Å². The van der Waals surface area contributed by atoms with Crippen LogP contribution in [0.1, 0.15) is 25.7 Å². The van der Waals surface area contributed by atoms with Crippen molar-refractivity contribution in [1.82, 2.24) is 0 Å². The molecule has 0 heterocycles. The number of nitrogens with two attached hydrogens (primary N) is 1. The fourth-order valence-corrected chi connectivity index (χ4v) is 1.61. The second kappa shape index (κ2) is 4.65. The molecule has 0 aliphatic heterocycles. The van der Waals surface area contributed by atoms with Crippen LogP contribution in [0.25, 0.3) is 0 Å². The minimum Gasteiger partial charge on any atom is -0.368 e. The number of hydrogen-bond donors (Lipinski definition) is 1. The van der Waals surface area contributed by atoms with Crippen molar-refractivity contribution in [2.45, 2.75) is 43.6 Å². The molecule has 0 spiro atoms. The highest BCUT2D eigenvalue weighted by Gasteiger charge is 2.45. The van der Waals surface area contributed by atoms with E-state index in [2.05, 4.69) is 0 Å². The van der Waals surface area contributed by atoms with Crippen LogP contribution < -0.4 is 5.73 Å². The first-order valence-electron chi connectivity index (χ1n) is 4.92. The zero-order valence-corrected chi connectivity index (χ0v) is 8.32. The normalized spacial score (nSPS) is 20.4. The molecule has 0 radical (unpaired) electrons. The van der Waals surface area contributed by atoms with Gasteiger partial charge in [-0.2, -0.15) is 8.78 Å². The maximum Gasteiger partial charge on any atom is 0.330 e. The van der Waals surface area contributed by atoms with E-state index in [4.69, 9.17) is 10.5 Å². The van der Waals surface area contributed by atoms with Crippen molar-refractivity contribution in [2.75, 3.05) is 13.2 Å². The first kappa shape index (κ1) is 12.7. The van der Waals surface area contributed by atoms with Crippen LogP contribution in [0.15, 0.2) is 0 Å². The smallest absolute Gasteiger partial charge is 0.330 e. The predicted molar refractivity (Wildman–Crippen MR) is 47.2 cm³/mol. The van der Waals surface area contributed by atoms with Gasteiger partial charge in [0.15, 0.2) is 0 Å². The average molecular weight is 229 g/mol. The molecule has 90 valence electrons. The summed E-state index contributed by atoms with van der Waals surface area (Å²) in [6, 6.07) is 0. The lowest BCUT2D eigenvalue weighted by atomic mass is 9.77. The van der Waals surface area contributed by atoms with E-state index >= 15 is 0 Å². The Hall–Kier alpha value is -0.360. The van der Waals surface area contributed by atoms with Crippen LogP contribution in [-0.4, -0.2) is 31.1 Å². The van der Waals surface area contributed by atoms with Crippen LogP contribution in [0.3, 0.4) is 0 Å². The summed E-state index contributed by atoms with van der Waals surface area (Å²) in [4.78, 5) is 0. The van der Waals surface area contributed by atoms with Crippen LogP contribution in [-0.2, 0) is 4.74 Å². The van der Waals surface area contributed by atoms with Crippen LogP contribution >= 0.6 is 0 Å². The molecule has 1 saturated carbocycles. The van der Waals surface area contributed by atoms with E-state index in [0.29, 0.717) is 25.8 Å². The summed E-state index contributed by atoms with van der Waals surface area (Å²) in [7, 11) is 0. The molecular weight excluding hydrogens is 214 g/mol. The van der Waals surface area contributed by atoms with E-state index in [0.717, 1.165) is 6.42 Å². The minimum atomic E-state index is -4.06. The Balaban J connectivity index is 2.40. The molecule has 0 aromatic rings. The van der Waals surface area contributed by atoms with Gasteiger partial charge in [-0.3, -0.25) is 0 Å². The van der Waals surface area contributed by atoms with Crippen molar-refractivity contribution in [3.05, 3.63) is 0 Å². The zero-order chi connectivity index (χ0) is 11.5. The Bertz CT molecular complexity index is 206. The molecule has 0 atom stereocenters. The van der Waals surface area contributed by atoms with Gasteiger partial charge >= 0.3 is 12.3 Å². The molecule has 15 heavy (non-hydrogen) atoms. The van der Waals surface area contributed by atoms with Gasteiger partial charge < -0.3 is 10.5 Å². The Morgan fingerprint density at radius 2 is 1.93 bits per heavy atom. The van der Waals surface area contributed by atoms with Gasteiger partial charge in [0.25, 0.3) is 0 Å². The third-order valence-corrected chi connectivity index (χ3v) is 2.75. The van der Waals surface area contributed by atoms with Gasteiger partial charge in [-0.15, -0.1) is 0 Å². The van der Waals surface area contributed by atoms with Gasteiger partial charge in [0, 0.05) is 0 Å². The zero-order valence-electron chi connectivity index (χ0n) is 8.32. The van der Waals surface area contributed by atoms with Crippen LogP contribution in [0.5, 0.6) is 0 Å². The third-order valence-electron chi connectivity index (χ3n) is 2.75. The van der Waals surface area contributed by atoms with E-state index in [-0.39, 0.29) is 0 Å². The van der Waals surface area contributed by atoms with Gasteiger partial charge in [0.2, 0.25) is 0 Å². The van der Waals surface area contributed by atoms with Crippen molar-refractivity contribution < 1.29 is 22.3 Å². The molecule has 0 saturated heterocycles. The molecule has 1 fully saturated rings. The quantitative estimate of drug-likeness (QED) is 0.708. The summed E-state index contributed by atoms with van der Waals surface area (Å²) in [5.74, 6) is -4.06. The van der Waals surface area contributed by atoms with E-state index in [1.165, 1.54) is 0 Å². The molecule has 0 bridgehead atoms. The monoisotopic (exact) mass is 229 g/mol. The lowest BCUT2D eigenvalue weighted by molar-refractivity contribution is -0.210. The van der Waals surface area contributed by atoms with Gasteiger partial charge in [0.05, 0.1) is 5.60 Å². The Labute approximate surface area is 85.8 Å². The minimum absolute atomic E-state index is 0.320.